The Morgan fingerprint density at radius 3 is 1.80 bits per heavy atom. The Morgan fingerprint density at radius 2 is 1.80 bits per heavy atom. The van der Waals surface area contributed by atoms with Crippen LogP contribution in [-0.2, 0) is 4.79 Å². The van der Waals surface area contributed by atoms with Crippen molar-refractivity contribution in [3.8, 4) is 0 Å². The van der Waals surface area contributed by atoms with Crippen LogP contribution in [-0.4, -0.2) is 23.0 Å². The molecular weight excluding hydrogens is 133 g/mol. The van der Waals surface area contributed by atoms with Crippen molar-refractivity contribution >= 4 is 23.0 Å². The molecule has 0 atom stereocenters. The molecule has 0 bridgehead atoms. The van der Waals surface area contributed by atoms with Gasteiger partial charge in [-0.25, -0.2) is 0 Å². The quantitative estimate of drug-likeness (QED) is 0.412. The molecular formula is C2H7NOSe. The van der Waals surface area contributed by atoms with Crippen LogP contribution in [0.3, 0.4) is 0 Å². The topological polar surface area (TPSA) is 43.1 Å². The molecule has 0 spiro atoms. The summed E-state index contributed by atoms with van der Waals surface area (Å²) in [4.78, 5) is 9.22. The van der Waals surface area contributed by atoms with Crippen molar-refractivity contribution in [1.82, 2.24) is 0 Å². The fourth-order valence-corrected chi connectivity index (χ4v) is 0. The molecule has 0 aliphatic heterocycles. The molecule has 0 aliphatic rings. The zero-order valence-corrected chi connectivity index (χ0v) is 5.08. The molecule has 0 unspecified atom stereocenters. The molecule has 0 aromatic carbocycles. The molecule has 0 saturated carbocycles. The Hall–Kier alpha value is -0.0105. The van der Waals surface area contributed by atoms with Gasteiger partial charge < -0.3 is 5.73 Å². The van der Waals surface area contributed by atoms with Gasteiger partial charge in [0, 0.05) is 6.92 Å². The van der Waals surface area contributed by atoms with E-state index in [0.717, 1.165) is 0 Å². The maximum absolute atomic E-state index is 9.22. The Bertz CT molecular complexity index is 32.6. The van der Waals surface area contributed by atoms with Crippen molar-refractivity contribution in [3.05, 3.63) is 0 Å². The predicted molar refractivity (Wildman–Crippen MR) is 23.4 cm³/mol. The molecule has 3 heteroatoms. The van der Waals surface area contributed by atoms with Crippen LogP contribution >= 0.6 is 0 Å². The second-order valence-electron chi connectivity index (χ2n) is 0.611. The maximum atomic E-state index is 9.22. The Morgan fingerprint density at radius 1 is 1.80 bits per heavy atom. The summed E-state index contributed by atoms with van der Waals surface area (Å²) in [5, 5.41) is 0. The summed E-state index contributed by atoms with van der Waals surface area (Å²) in [5.41, 5.74) is 4.47. The van der Waals surface area contributed by atoms with Crippen LogP contribution in [0, 0.1) is 0 Å². The van der Waals surface area contributed by atoms with Crippen molar-refractivity contribution in [3.63, 3.8) is 0 Å². The zero-order chi connectivity index (χ0) is 3.58. The number of hydrogen-bond acceptors (Lipinski definition) is 1. The van der Waals surface area contributed by atoms with E-state index < -0.39 is 0 Å². The monoisotopic (exact) mass is 141 g/mol. The summed E-state index contributed by atoms with van der Waals surface area (Å²) < 4.78 is 0. The predicted octanol–water partition coefficient (Wildman–Crippen LogP) is -1.42. The van der Waals surface area contributed by atoms with Crippen molar-refractivity contribution in [2.45, 2.75) is 6.92 Å². The summed E-state index contributed by atoms with van der Waals surface area (Å²) in [7, 11) is 0. The molecule has 0 rings (SSSR count). The molecule has 0 saturated heterocycles. The third-order valence-corrected chi connectivity index (χ3v) is 0. The second-order valence-corrected chi connectivity index (χ2v) is 0.611. The van der Waals surface area contributed by atoms with E-state index in [4.69, 9.17) is 0 Å². The van der Waals surface area contributed by atoms with Gasteiger partial charge in [0.2, 0.25) is 5.91 Å². The van der Waals surface area contributed by atoms with Crippen LogP contribution in [0.15, 0.2) is 0 Å². The third kappa shape index (κ3) is 143000. The van der Waals surface area contributed by atoms with E-state index in [9.17, 15) is 4.79 Å². The molecule has 32 valence electrons. The number of carbonyl (C=O) groups excluding carboxylic acids is 1. The zero-order valence-electron chi connectivity index (χ0n) is 2.99. The van der Waals surface area contributed by atoms with E-state index in [0.29, 0.717) is 0 Å². The minimum atomic E-state index is -0.333. The normalized spacial score (nSPS) is 5.00. The summed E-state index contributed by atoms with van der Waals surface area (Å²) in [6, 6.07) is 0. The van der Waals surface area contributed by atoms with Gasteiger partial charge in [0.05, 0.1) is 0 Å². The summed E-state index contributed by atoms with van der Waals surface area (Å²) in [6.45, 7) is 1.31. The number of hydrogen-bond donors (Lipinski definition) is 1. The Labute approximate surface area is 41.2 Å². The average Bonchev–Trinajstić information content (AvgIpc) is 0.811. The molecule has 0 aliphatic carbocycles. The van der Waals surface area contributed by atoms with Crippen molar-refractivity contribution in [2.24, 2.45) is 5.73 Å². The van der Waals surface area contributed by atoms with E-state index in [1.54, 1.807) is 0 Å². The first kappa shape index (κ1) is 8.89. The van der Waals surface area contributed by atoms with Gasteiger partial charge in [-0.15, -0.1) is 0 Å². The SMILES string of the molecule is CC(N)=O.[SeH2]. The van der Waals surface area contributed by atoms with Crippen LogP contribution in [0.25, 0.3) is 0 Å². The number of rotatable bonds is 0. The molecule has 0 heterocycles. The number of amides is 1. The molecule has 0 aromatic rings. The molecule has 1 amide bonds. The third-order valence-electron chi connectivity index (χ3n) is 0. The van der Waals surface area contributed by atoms with Crippen molar-refractivity contribution in [2.75, 3.05) is 0 Å². The number of nitrogens with two attached hydrogens (primary N) is 1. The van der Waals surface area contributed by atoms with Gasteiger partial charge in [-0.3, -0.25) is 4.79 Å². The van der Waals surface area contributed by atoms with Crippen molar-refractivity contribution in [1.29, 1.82) is 0 Å². The molecule has 0 fully saturated rings. The molecule has 0 aromatic heterocycles. The van der Waals surface area contributed by atoms with E-state index >= 15 is 0 Å². The van der Waals surface area contributed by atoms with Gasteiger partial charge in [-0.05, 0) is 0 Å². The average molecular weight is 140 g/mol. The van der Waals surface area contributed by atoms with Gasteiger partial charge in [-0.2, -0.15) is 0 Å². The summed E-state index contributed by atoms with van der Waals surface area (Å²) in [5.74, 6) is -0.333. The minimum absolute atomic E-state index is 0. The number of primary amides is 1. The fourth-order valence-electron chi connectivity index (χ4n) is 0. The van der Waals surface area contributed by atoms with E-state index in [1.807, 2.05) is 0 Å². The first-order valence-electron chi connectivity index (χ1n) is 0.993. The van der Waals surface area contributed by atoms with E-state index in [2.05, 4.69) is 5.73 Å². The molecule has 2 N–H and O–H groups in total. The van der Waals surface area contributed by atoms with Gasteiger partial charge in [0.1, 0.15) is 0 Å². The van der Waals surface area contributed by atoms with E-state index in [-0.39, 0.29) is 23.0 Å². The van der Waals surface area contributed by atoms with Crippen LogP contribution in [0.1, 0.15) is 6.92 Å². The summed E-state index contributed by atoms with van der Waals surface area (Å²) >= 11 is 0. The van der Waals surface area contributed by atoms with Crippen LogP contribution < -0.4 is 5.73 Å². The van der Waals surface area contributed by atoms with Crippen molar-refractivity contribution < 1.29 is 4.79 Å². The summed E-state index contributed by atoms with van der Waals surface area (Å²) in [6.07, 6.45) is 0. The van der Waals surface area contributed by atoms with Gasteiger partial charge in [-0.1, -0.05) is 0 Å². The first-order valence-corrected chi connectivity index (χ1v) is 0.993. The van der Waals surface area contributed by atoms with Crippen LogP contribution in [0.4, 0.5) is 0 Å². The van der Waals surface area contributed by atoms with E-state index in [1.165, 1.54) is 6.92 Å². The van der Waals surface area contributed by atoms with Gasteiger partial charge in [0.25, 0.3) is 0 Å². The first-order chi connectivity index (χ1) is 1.73. The Kier molecular flexibility index (Phi) is 7.09. The standard InChI is InChI=1S/C2H5NO.H2Se/c1-2(3)4;/h1H3,(H2,3,4);1H2. The van der Waals surface area contributed by atoms with Gasteiger partial charge >= 0.3 is 17.1 Å². The Balaban J connectivity index is 0. The van der Waals surface area contributed by atoms with Crippen LogP contribution in [0.2, 0.25) is 0 Å². The second kappa shape index (κ2) is 3.99. The fraction of sp³-hybridized carbons (Fsp3) is 0.500. The molecule has 2 nitrogen and oxygen atoms in total. The molecule has 0 radical (unpaired) electrons. The molecule has 5 heavy (non-hydrogen) atoms. The van der Waals surface area contributed by atoms with Gasteiger partial charge in [0.15, 0.2) is 0 Å². The number of carbonyl (C=O) groups is 1. The van der Waals surface area contributed by atoms with Crippen LogP contribution in [0.5, 0.6) is 0 Å².